The van der Waals surface area contributed by atoms with Gasteiger partial charge in [0, 0.05) is 17.8 Å². The summed E-state index contributed by atoms with van der Waals surface area (Å²) in [5.74, 6) is 0.571. The summed E-state index contributed by atoms with van der Waals surface area (Å²) < 4.78 is 27.0. The Balaban J connectivity index is 1.89. The molecule has 8 heteroatoms. The van der Waals surface area contributed by atoms with Gasteiger partial charge in [0.2, 0.25) is 0 Å². The molecule has 0 atom stereocenters. The van der Waals surface area contributed by atoms with Crippen molar-refractivity contribution in [3.05, 3.63) is 11.3 Å². The lowest BCUT2D eigenvalue weighted by molar-refractivity contribution is 0.213. The number of nitrogens with zero attached hydrogens (tertiary/aromatic N) is 2. The average molecular weight is 316 g/mol. The Bertz CT molecular complexity index is 562. The first kappa shape index (κ1) is 16.4. The largest absolute Gasteiger partial charge is 0.392 e. The Kier molecular flexibility index (Phi) is 5.37. The average Bonchev–Trinajstić information content (AvgIpc) is 2.82. The number of aromatic nitrogens is 2. The molecule has 0 unspecified atom stereocenters. The second-order valence-corrected chi connectivity index (χ2v) is 7.41. The highest BCUT2D eigenvalue weighted by Crippen LogP contribution is 2.20. The lowest BCUT2D eigenvalue weighted by Gasteiger charge is -2.28. The first-order valence-corrected chi connectivity index (χ1v) is 8.75. The van der Waals surface area contributed by atoms with Gasteiger partial charge in [0.1, 0.15) is 0 Å². The number of piperidine rings is 1. The van der Waals surface area contributed by atoms with Crippen molar-refractivity contribution in [3.8, 4) is 0 Å². The predicted octanol–water partition coefficient (Wildman–Crippen LogP) is 0.221. The molecule has 0 amide bonds. The van der Waals surface area contributed by atoms with E-state index >= 15 is 0 Å². The summed E-state index contributed by atoms with van der Waals surface area (Å²) in [6, 6.07) is 0. The molecule has 3 N–H and O–H groups in total. The molecule has 0 saturated carbocycles. The van der Waals surface area contributed by atoms with Gasteiger partial charge in [-0.25, -0.2) is 13.1 Å². The molecular weight excluding hydrogens is 292 g/mol. The summed E-state index contributed by atoms with van der Waals surface area (Å²) in [5.41, 5.74) is 0.912. The van der Waals surface area contributed by atoms with E-state index in [4.69, 9.17) is 0 Å². The highest BCUT2D eigenvalue weighted by Gasteiger charge is 2.24. The van der Waals surface area contributed by atoms with Crippen molar-refractivity contribution >= 4 is 10.0 Å². The summed E-state index contributed by atoms with van der Waals surface area (Å²) in [6.45, 7) is 3.91. The lowest BCUT2D eigenvalue weighted by Crippen LogP contribution is -2.33. The lowest BCUT2D eigenvalue weighted by atomic mass is 9.94. The number of nitrogens with one attached hydrogen (secondary N) is 2. The van der Waals surface area contributed by atoms with E-state index in [1.54, 1.807) is 6.92 Å². The number of rotatable bonds is 6. The summed E-state index contributed by atoms with van der Waals surface area (Å²) in [7, 11) is -1.55. The molecular formula is C13H24N4O3S. The van der Waals surface area contributed by atoms with Gasteiger partial charge in [-0.2, -0.15) is 5.10 Å². The molecule has 1 aliphatic heterocycles. The fourth-order valence-electron chi connectivity index (χ4n) is 2.65. The fraction of sp³-hybridized carbons (Fsp3) is 0.769. The van der Waals surface area contributed by atoms with Crippen molar-refractivity contribution in [2.24, 2.45) is 5.92 Å². The van der Waals surface area contributed by atoms with Crippen molar-refractivity contribution in [3.63, 3.8) is 0 Å². The molecule has 7 nitrogen and oxygen atoms in total. The van der Waals surface area contributed by atoms with Gasteiger partial charge in [-0.1, -0.05) is 0 Å². The first-order chi connectivity index (χ1) is 9.94. The highest BCUT2D eigenvalue weighted by molar-refractivity contribution is 7.89. The van der Waals surface area contributed by atoms with Crippen LogP contribution in [0, 0.1) is 12.8 Å². The van der Waals surface area contributed by atoms with E-state index < -0.39 is 10.0 Å². The van der Waals surface area contributed by atoms with E-state index in [9.17, 15) is 13.5 Å². The van der Waals surface area contributed by atoms with Crippen LogP contribution in [0.25, 0.3) is 0 Å². The molecule has 21 heavy (non-hydrogen) atoms. The molecule has 1 aromatic heterocycles. The molecule has 2 rings (SSSR count). The molecule has 0 radical (unpaired) electrons. The van der Waals surface area contributed by atoms with Crippen molar-refractivity contribution in [2.75, 3.05) is 26.7 Å². The molecule has 0 aromatic carbocycles. The Hall–Kier alpha value is -0.960. The minimum Gasteiger partial charge on any atom is -0.392 e. The van der Waals surface area contributed by atoms with Gasteiger partial charge in [-0.05, 0) is 52.2 Å². The van der Waals surface area contributed by atoms with Crippen molar-refractivity contribution < 1.29 is 13.5 Å². The molecule has 0 aliphatic carbocycles. The van der Waals surface area contributed by atoms with Crippen LogP contribution in [-0.2, 0) is 16.6 Å². The number of aliphatic hydroxyl groups is 1. The molecule has 1 fully saturated rings. The first-order valence-electron chi connectivity index (χ1n) is 7.27. The smallest absolute Gasteiger partial charge is 0.260 e. The summed E-state index contributed by atoms with van der Waals surface area (Å²) in [5, 5.41) is 15.6. The van der Waals surface area contributed by atoms with Gasteiger partial charge in [0.25, 0.3) is 10.0 Å². The van der Waals surface area contributed by atoms with E-state index in [2.05, 4.69) is 26.9 Å². The summed E-state index contributed by atoms with van der Waals surface area (Å²) >= 11 is 0. The number of hydrogen-bond donors (Lipinski definition) is 3. The standard InChI is InChI=1S/C13H24N4O3S/c1-10-12(9-18)13(16-15-10)21(19,20)14-6-3-11-4-7-17(2)8-5-11/h11,14,18H,3-9H2,1-2H3,(H,15,16). The maximum Gasteiger partial charge on any atom is 0.260 e. The third-order valence-corrected chi connectivity index (χ3v) is 5.56. The number of hydrogen-bond acceptors (Lipinski definition) is 5. The normalized spacial score (nSPS) is 18.2. The van der Waals surface area contributed by atoms with E-state index in [1.165, 1.54) is 0 Å². The van der Waals surface area contributed by atoms with Crippen molar-refractivity contribution in [1.29, 1.82) is 0 Å². The van der Waals surface area contributed by atoms with Crippen LogP contribution in [-0.4, -0.2) is 55.3 Å². The molecule has 1 aromatic rings. The van der Waals surface area contributed by atoms with Gasteiger partial charge < -0.3 is 10.0 Å². The van der Waals surface area contributed by atoms with Crippen LogP contribution < -0.4 is 4.72 Å². The van der Waals surface area contributed by atoms with Gasteiger partial charge in [0.15, 0.2) is 5.03 Å². The summed E-state index contributed by atoms with van der Waals surface area (Å²) in [4.78, 5) is 2.29. The maximum absolute atomic E-state index is 12.2. The third-order valence-electron chi connectivity index (χ3n) is 4.13. The predicted molar refractivity (Wildman–Crippen MR) is 79.3 cm³/mol. The maximum atomic E-state index is 12.2. The number of H-pyrrole nitrogens is 1. The number of sulfonamides is 1. The minimum absolute atomic E-state index is 0.0918. The zero-order valence-corrected chi connectivity index (χ0v) is 13.4. The van der Waals surface area contributed by atoms with E-state index in [0.29, 0.717) is 23.7 Å². The second-order valence-electron chi connectivity index (χ2n) is 5.72. The topological polar surface area (TPSA) is 98.3 Å². The molecule has 0 spiro atoms. The van der Waals surface area contributed by atoms with Crippen LogP contribution >= 0.6 is 0 Å². The molecule has 1 aliphatic rings. The Morgan fingerprint density at radius 2 is 2.10 bits per heavy atom. The Labute approximate surface area is 125 Å². The quantitative estimate of drug-likeness (QED) is 0.697. The van der Waals surface area contributed by atoms with Gasteiger partial charge in [0.05, 0.1) is 6.61 Å². The second kappa shape index (κ2) is 6.87. The highest BCUT2D eigenvalue weighted by atomic mass is 32.2. The van der Waals surface area contributed by atoms with Crippen LogP contribution in [0.1, 0.15) is 30.5 Å². The number of likely N-dealkylation sites (tertiary alicyclic amines) is 1. The minimum atomic E-state index is -3.66. The number of aromatic amines is 1. The van der Waals surface area contributed by atoms with Gasteiger partial charge >= 0.3 is 0 Å². The van der Waals surface area contributed by atoms with Crippen LogP contribution in [0.2, 0.25) is 0 Å². The van der Waals surface area contributed by atoms with Crippen LogP contribution in [0.3, 0.4) is 0 Å². The van der Waals surface area contributed by atoms with E-state index in [1.807, 2.05) is 0 Å². The van der Waals surface area contributed by atoms with Crippen LogP contribution in [0.5, 0.6) is 0 Å². The Morgan fingerprint density at radius 3 is 2.71 bits per heavy atom. The monoisotopic (exact) mass is 316 g/mol. The van der Waals surface area contributed by atoms with E-state index in [-0.39, 0.29) is 11.6 Å². The molecule has 1 saturated heterocycles. The van der Waals surface area contributed by atoms with Crippen LogP contribution in [0.15, 0.2) is 5.03 Å². The van der Waals surface area contributed by atoms with Gasteiger partial charge in [-0.3, -0.25) is 5.10 Å². The Morgan fingerprint density at radius 1 is 1.43 bits per heavy atom. The van der Waals surface area contributed by atoms with Crippen LogP contribution in [0.4, 0.5) is 0 Å². The molecule has 0 bridgehead atoms. The summed E-state index contributed by atoms with van der Waals surface area (Å²) in [6.07, 6.45) is 3.06. The SMILES string of the molecule is Cc1[nH]nc(S(=O)(=O)NCCC2CCN(C)CC2)c1CO. The fourth-order valence-corrected chi connectivity index (χ4v) is 3.89. The van der Waals surface area contributed by atoms with E-state index in [0.717, 1.165) is 32.4 Å². The molecule has 2 heterocycles. The zero-order valence-electron chi connectivity index (χ0n) is 12.6. The van der Waals surface area contributed by atoms with Gasteiger partial charge in [-0.15, -0.1) is 0 Å². The number of aliphatic hydroxyl groups excluding tert-OH is 1. The molecule has 120 valence electrons. The third kappa shape index (κ3) is 4.03. The number of aryl methyl sites for hydroxylation is 1. The zero-order chi connectivity index (χ0) is 15.5. The van der Waals surface area contributed by atoms with Crippen molar-refractivity contribution in [2.45, 2.75) is 37.8 Å². The van der Waals surface area contributed by atoms with Crippen molar-refractivity contribution in [1.82, 2.24) is 19.8 Å².